The van der Waals surface area contributed by atoms with E-state index in [0.29, 0.717) is 36.4 Å². The molecule has 0 saturated heterocycles. The lowest BCUT2D eigenvalue weighted by Crippen LogP contribution is -2.41. The van der Waals surface area contributed by atoms with Crippen LogP contribution in [-0.2, 0) is 37.1 Å². The third-order valence-corrected chi connectivity index (χ3v) is 13.5. The average Bonchev–Trinajstić information content (AvgIpc) is 4.25. The number of carboxylic acids is 2. The number of benzene rings is 6. The van der Waals surface area contributed by atoms with Gasteiger partial charge in [0.1, 0.15) is 6.04 Å². The average molecular weight is 1020 g/mol. The van der Waals surface area contributed by atoms with Crippen molar-refractivity contribution in [3.05, 3.63) is 228 Å². The van der Waals surface area contributed by atoms with E-state index >= 15 is 0 Å². The highest BCUT2D eigenvalue weighted by Gasteiger charge is 2.24. The summed E-state index contributed by atoms with van der Waals surface area (Å²) in [4.78, 5) is 55.8. The number of amides is 1. The molecule has 9 rings (SSSR count). The second kappa shape index (κ2) is 25.6. The third-order valence-electron chi connectivity index (χ3n) is 12.9. The summed E-state index contributed by atoms with van der Waals surface area (Å²) in [5, 5.41) is 34.4. The molecule has 75 heavy (non-hydrogen) atoms. The van der Waals surface area contributed by atoms with Gasteiger partial charge in [-0.15, -0.1) is 0 Å². The van der Waals surface area contributed by atoms with Crippen molar-refractivity contribution in [1.29, 1.82) is 5.26 Å². The Morgan fingerprint density at radius 1 is 0.707 bits per heavy atom. The number of nitrogens with zero attached hydrogens (tertiary/aromatic N) is 5. The summed E-state index contributed by atoms with van der Waals surface area (Å²) in [6, 6.07) is 45.8. The van der Waals surface area contributed by atoms with E-state index in [0.717, 1.165) is 92.1 Å². The van der Waals surface area contributed by atoms with Crippen LogP contribution in [0.1, 0.15) is 66.5 Å². The monoisotopic (exact) mass is 1020 g/mol. The molecule has 0 saturated carbocycles. The Labute approximate surface area is 440 Å². The van der Waals surface area contributed by atoms with Crippen LogP contribution >= 0.6 is 11.8 Å². The molecule has 9 aromatic rings. The predicted octanol–water partition coefficient (Wildman–Crippen LogP) is 11.1. The van der Waals surface area contributed by atoms with E-state index in [1.807, 2.05) is 135 Å². The van der Waals surface area contributed by atoms with Gasteiger partial charge in [0.05, 0.1) is 48.4 Å². The number of aliphatic carboxylic acids is 1. The number of anilines is 1. The van der Waals surface area contributed by atoms with Gasteiger partial charge in [0, 0.05) is 47.8 Å². The minimum Gasteiger partial charge on any atom is -0.480 e. The van der Waals surface area contributed by atoms with Crippen molar-refractivity contribution in [2.75, 3.05) is 17.3 Å². The molecule has 0 spiro atoms. The summed E-state index contributed by atoms with van der Waals surface area (Å²) in [5.74, 6) is -1.44. The smallest absolute Gasteiger partial charge is 0.335 e. The molecule has 0 fully saturated rings. The van der Waals surface area contributed by atoms with Crippen molar-refractivity contribution in [3.63, 3.8) is 0 Å². The summed E-state index contributed by atoms with van der Waals surface area (Å²) in [5.41, 5.74) is 14.3. The lowest BCUT2D eigenvalue weighted by atomic mass is 9.87. The first kappa shape index (κ1) is 52.3. The maximum absolute atomic E-state index is 13.4. The Morgan fingerprint density at radius 3 is 2.08 bits per heavy atom. The minimum atomic E-state index is -1.03. The standard InChI is InChI=1S/C31H24N4O2.C29H33N5O3S/c32-17-22-9-11-23(12-10-22)20-35-21-33-18-28(35)19-34-27-13-14-29(25-7-4-8-26(15-25)31(36)37)30(16-27)24-5-2-1-3-6-24;1-19-5-3-4-6-24(19)26-14-20(7-8-25(26)28(35)34-27(29(36)37)9-10-38-2)11-21(12-22-15-30-17-32-22)13-23-16-31-18-33-23/h1-16,18,21,34H,19-20H2,(H,36,37);3-8,14-18,21,27H,9-13H2,1-2H3,(H,30,32)(H,31,33)(H,34,35)(H,36,37)/t;27-/m.0/s1. The molecule has 0 aliphatic heterocycles. The first-order chi connectivity index (χ1) is 36.5. The van der Waals surface area contributed by atoms with Crippen molar-refractivity contribution in [2.24, 2.45) is 5.92 Å². The van der Waals surface area contributed by atoms with Crippen LogP contribution in [0.25, 0.3) is 33.4 Å². The normalized spacial score (nSPS) is 11.3. The number of nitrogens with one attached hydrogen (secondary N) is 4. The van der Waals surface area contributed by atoms with E-state index in [2.05, 4.69) is 70.5 Å². The lowest BCUT2D eigenvalue weighted by Gasteiger charge is -2.19. The lowest BCUT2D eigenvalue weighted by molar-refractivity contribution is -0.139. The van der Waals surface area contributed by atoms with Crippen molar-refractivity contribution in [1.82, 2.24) is 34.8 Å². The quantitative estimate of drug-likeness (QED) is 0.0398. The molecule has 15 heteroatoms. The number of nitriles is 1. The number of carbonyl (C=O) groups excluding carboxylic acids is 1. The SMILES string of the molecule is CSCC[C@H](NC(=O)c1ccc(CC(Cc2cnc[nH]2)Cc2cnc[nH]2)cc1-c1ccccc1C)C(=O)O.N#Cc1ccc(Cn2cncc2CNc2ccc(-c3cccc(C(=O)O)c3)c(-c3ccccc3)c2)cc1. The fourth-order valence-corrected chi connectivity index (χ4v) is 9.47. The zero-order valence-electron chi connectivity index (χ0n) is 41.6. The van der Waals surface area contributed by atoms with Gasteiger partial charge >= 0.3 is 11.9 Å². The molecule has 3 heterocycles. The first-order valence-electron chi connectivity index (χ1n) is 24.5. The van der Waals surface area contributed by atoms with Crippen LogP contribution in [0.15, 0.2) is 177 Å². The summed E-state index contributed by atoms with van der Waals surface area (Å²) >= 11 is 1.55. The number of aromatic amines is 2. The number of carbonyl (C=O) groups is 3. The van der Waals surface area contributed by atoms with Crippen LogP contribution in [0.2, 0.25) is 0 Å². The summed E-state index contributed by atoms with van der Waals surface area (Å²) in [6.07, 6.45) is 15.4. The predicted molar refractivity (Wildman–Crippen MR) is 294 cm³/mol. The number of hydrogen-bond acceptors (Lipinski definition) is 9. The fraction of sp³-hybridized carbons (Fsp3) is 0.183. The van der Waals surface area contributed by atoms with Gasteiger partial charge in [0.2, 0.25) is 0 Å². The molecule has 1 amide bonds. The maximum atomic E-state index is 13.4. The van der Waals surface area contributed by atoms with Gasteiger partial charge in [-0.3, -0.25) is 4.79 Å². The molecular formula is C60H57N9O5S. The topological polar surface area (TPSA) is 215 Å². The van der Waals surface area contributed by atoms with Crippen LogP contribution in [0.5, 0.6) is 0 Å². The van der Waals surface area contributed by atoms with Crippen molar-refractivity contribution in [3.8, 4) is 39.4 Å². The highest BCUT2D eigenvalue weighted by molar-refractivity contribution is 7.98. The number of aromatic nitrogens is 6. The molecule has 3 aromatic heterocycles. The maximum Gasteiger partial charge on any atom is 0.335 e. The third kappa shape index (κ3) is 14.2. The first-order valence-corrected chi connectivity index (χ1v) is 25.9. The molecule has 378 valence electrons. The Morgan fingerprint density at radius 2 is 1.41 bits per heavy atom. The molecule has 0 unspecified atom stereocenters. The van der Waals surface area contributed by atoms with E-state index < -0.39 is 18.0 Å². The van der Waals surface area contributed by atoms with Gasteiger partial charge in [-0.25, -0.2) is 24.5 Å². The number of carboxylic acid groups (broad SMARTS) is 2. The Hall–Kier alpha value is -9.00. The number of rotatable bonds is 21. The van der Waals surface area contributed by atoms with Gasteiger partial charge in [-0.1, -0.05) is 97.1 Å². The van der Waals surface area contributed by atoms with Crippen LogP contribution in [0.3, 0.4) is 0 Å². The summed E-state index contributed by atoms with van der Waals surface area (Å²) in [7, 11) is 0. The molecule has 6 aromatic carbocycles. The molecule has 0 bridgehead atoms. The molecule has 6 N–H and O–H groups in total. The van der Waals surface area contributed by atoms with E-state index in [9.17, 15) is 24.6 Å². The number of H-pyrrole nitrogens is 2. The second-order valence-corrected chi connectivity index (χ2v) is 19.1. The van der Waals surface area contributed by atoms with Crippen LogP contribution in [-0.4, -0.2) is 75.6 Å². The van der Waals surface area contributed by atoms with Gasteiger partial charge in [-0.05, 0) is 143 Å². The minimum absolute atomic E-state index is 0.259. The van der Waals surface area contributed by atoms with Crippen LogP contribution in [0.4, 0.5) is 5.69 Å². The molecule has 0 aliphatic rings. The number of hydrogen-bond donors (Lipinski definition) is 6. The van der Waals surface area contributed by atoms with Gasteiger partial charge in [-0.2, -0.15) is 17.0 Å². The van der Waals surface area contributed by atoms with Crippen molar-refractivity contribution < 1.29 is 24.6 Å². The van der Waals surface area contributed by atoms with Gasteiger partial charge < -0.3 is 35.4 Å². The molecule has 0 aliphatic carbocycles. The van der Waals surface area contributed by atoms with Crippen molar-refractivity contribution >= 4 is 35.3 Å². The number of aryl methyl sites for hydroxylation is 1. The van der Waals surface area contributed by atoms with Crippen LogP contribution in [0, 0.1) is 24.2 Å². The van der Waals surface area contributed by atoms with E-state index in [1.165, 1.54) is 0 Å². The summed E-state index contributed by atoms with van der Waals surface area (Å²) < 4.78 is 2.08. The van der Waals surface area contributed by atoms with Crippen LogP contribution < -0.4 is 10.6 Å². The zero-order chi connectivity index (χ0) is 52.5. The molecule has 14 nitrogen and oxygen atoms in total. The Kier molecular flexibility index (Phi) is 17.9. The van der Waals surface area contributed by atoms with E-state index in [4.69, 9.17) is 5.26 Å². The molecule has 0 radical (unpaired) electrons. The number of thioether (sulfide) groups is 1. The van der Waals surface area contributed by atoms with Crippen molar-refractivity contribution in [2.45, 2.75) is 51.7 Å². The fourth-order valence-electron chi connectivity index (χ4n) is 9.00. The molecular weight excluding hydrogens is 959 g/mol. The number of aromatic carboxylic acids is 1. The molecule has 1 atom stereocenters. The van der Waals surface area contributed by atoms with E-state index in [1.54, 1.807) is 42.6 Å². The highest BCUT2D eigenvalue weighted by atomic mass is 32.2. The largest absolute Gasteiger partial charge is 0.480 e. The highest BCUT2D eigenvalue weighted by Crippen LogP contribution is 2.35. The Balaban J connectivity index is 0.000000199. The Bertz CT molecular complexity index is 3330. The second-order valence-electron chi connectivity index (χ2n) is 18.2. The summed E-state index contributed by atoms with van der Waals surface area (Å²) in [6.45, 7) is 3.26. The van der Waals surface area contributed by atoms with E-state index in [-0.39, 0.29) is 17.4 Å². The number of imidazole rings is 3. The van der Waals surface area contributed by atoms with Gasteiger partial charge in [0.25, 0.3) is 5.91 Å². The van der Waals surface area contributed by atoms with Gasteiger partial charge in [0.15, 0.2) is 0 Å². The zero-order valence-corrected chi connectivity index (χ0v) is 42.4.